The smallest absolute Gasteiger partial charge is 0.337 e. The van der Waals surface area contributed by atoms with Gasteiger partial charge in [-0.1, -0.05) is 30.4 Å². The van der Waals surface area contributed by atoms with Crippen molar-refractivity contribution in [2.24, 2.45) is 11.8 Å². The number of rotatable bonds is 6. The summed E-state index contributed by atoms with van der Waals surface area (Å²) in [5.41, 5.74) is 0.757. The van der Waals surface area contributed by atoms with Gasteiger partial charge in [-0.2, -0.15) is 0 Å². The van der Waals surface area contributed by atoms with E-state index in [2.05, 4.69) is 11.8 Å². The molecule has 0 bridgehead atoms. The summed E-state index contributed by atoms with van der Waals surface area (Å²) in [4.78, 5) is 23.7. The summed E-state index contributed by atoms with van der Waals surface area (Å²) in [5, 5.41) is 20.3. The van der Waals surface area contributed by atoms with E-state index >= 15 is 0 Å². The fourth-order valence-corrected chi connectivity index (χ4v) is 3.96. The third-order valence-electron chi connectivity index (χ3n) is 5.93. The van der Waals surface area contributed by atoms with Crippen molar-refractivity contribution in [2.75, 3.05) is 7.11 Å². The molecule has 2 aliphatic rings. The minimum Gasteiger partial charge on any atom is -0.465 e. The van der Waals surface area contributed by atoms with Gasteiger partial charge in [0.1, 0.15) is 11.4 Å². The van der Waals surface area contributed by atoms with E-state index < -0.39 is 11.7 Å². The largest absolute Gasteiger partial charge is 0.465 e. The van der Waals surface area contributed by atoms with Crippen molar-refractivity contribution in [2.45, 2.75) is 63.1 Å². The number of Topliss-reactive ketones (excluding diaryl/α,β-unsaturated/α-hetero) is 1. The predicted octanol–water partition coefficient (Wildman–Crippen LogP) is 2.67. The number of ether oxygens (including phenoxy) is 1. The van der Waals surface area contributed by atoms with Crippen LogP contribution < -0.4 is 0 Å². The minimum atomic E-state index is -0.910. The van der Waals surface area contributed by atoms with Gasteiger partial charge < -0.3 is 14.9 Å². The fourth-order valence-electron chi connectivity index (χ4n) is 3.96. The van der Waals surface area contributed by atoms with Gasteiger partial charge in [-0.3, -0.25) is 4.79 Å². The van der Waals surface area contributed by atoms with Gasteiger partial charge in [-0.15, -0.1) is 0 Å². The lowest BCUT2D eigenvalue weighted by Gasteiger charge is -2.31. The highest BCUT2D eigenvalue weighted by Crippen LogP contribution is 2.35. The number of aliphatic hydroxyl groups excluding tert-OH is 1. The second-order valence-corrected chi connectivity index (χ2v) is 7.96. The lowest BCUT2D eigenvalue weighted by molar-refractivity contribution is -0.121. The molecule has 2 N–H and O–H groups in total. The average Bonchev–Trinajstić information content (AvgIpc) is 2.94. The van der Waals surface area contributed by atoms with Gasteiger partial charge in [0.25, 0.3) is 0 Å². The first-order chi connectivity index (χ1) is 13.4. The molecule has 0 spiro atoms. The van der Waals surface area contributed by atoms with Crippen molar-refractivity contribution in [1.82, 2.24) is 0 Å². The number of hydrogen-bond donors (Lipinski definition) is 2. The van der Waals surface area contributed by atoms with Crippen LogP contribution in [0, 0.1) is 23.7 Å². The number of benzene rings is 1. The van der Waals surface area contributed by atoms with E-state index in [0.29, 0.717) is 24.8 Å². The lowest BCUT2D eigenvalue weighted by Crippen LogP contribution is -2.35. The standard InChI is InChI=1S/C23H28O5/c1-28-22(26)17-9-7-16(8-10-17)5-2-3-6-18-19(21(25)15-20(18)24)11-14-23(27)12-4-13-23/h7-10,18-19,21,25,27H,2-6,12-13,15H2,1H3/t18-,19-,21-/m1/s1. The highest BCUT2D eigenvalue weighted by Gasteiger charge is 2.41. The number of ketones is 1. The first-order valence-corrected chi connectivity index (χ1v) is 10.0. The topological polar surface area (TPSA) is 83.8 Å². The molecule has 3 rings (SSSR count). The highest BCUT2D eigenvalue weighted by atomic mass is 16.5. The molecule has 0 heterocycles. The number of carbonyl (C=O) groups excluding carboxylic acids is 2. The molecule has 2 aliphatic carbocycles. The van der Waals surface area contributed by atoms with Crippen molar-refractivity contribution in [3.8, 4) is 11.8 Å². The van der Waals surface area contributed by atoms with Crippen molar-refractivity contribution in [1.29, 1.82) is 0 Å². The number of methoxy groups -OCH3 is 1. The molecule has 28 heavy (non-hydrogen) atoms. The van der Waals surface area contributed by atoms with Gasteiger partial charge in [-0.25, -0.2) is 4.79 Å². The van der Waals surface area contributed by atoms with Crippen LogP contribution in [-0.2, 0) is 16.0 Å². The Balaban J connectivity index is 1.50. The predicted molar refractivity (Wildman–Crippen MR) is 105 cm³/mol. The van der Waals surface area contributed by atoms with Crippen molar-refractivity contribution in [3.05, 3.63) is 35.4 Å². The third kappa shape index (κ3) is 4.81. The number of aliphatic hydroxyl groups is 2. The van der Waals surface area contributed by atoms with Crippen LogP contribution in [0.25, 0.3) is 0 Å². The molecule has 3 atom stereocenters. The van der Waals surface area contributed by atoms with E-state index in [1.54, 1.807) is 12.1 Å². The summed E-state index contributed by atoms with van der Waals surface area (Å²) >= 11 is 0. The molecule has 2 fully saturated rings. The molecule has 0 aromatic heterocycles. The van der Waals surface area contributed by atoms with Crippen LogP contribution >= 0.6 is 0 Å². The van der Waals surface area contributed by atoms with E-state index in [-0.39, 0.29) is 30.0 Å². The van der Waals surface area contributed by atoms with E-state index in [9.17, 15) is 19.8 Å². The number of aryl methyl sites for hydroxylation is 1. The maximum absolute atomic E-state index is 12.3. The number of esters is 1. The maximum Gasteiger partial charge on any atom is 0.337 e. The Morgan fingerprint density at radius 1 is 1.25 bits per heavy atom. The van der Waals surface area contributed by atoms with Gasteiger partial charge in [0.05, 0.1) is 24.7 Å². The summed E-state index contributed by atoms with van der Waals surface area (Å²) in [7, 11) is 1.36. The third-order valence-corrected chi connectivity index (χ3v) is 5.93. The summed E-state index contributed by atoms with van der Waals surface area (Å²) in [6, 6.07) is 7.36. The molecule has 0 aliphatic heterocycles. The summed E-state index contributed by atoms with van der Waals surface area (Å²) in [6.07, 6.45) is 5.12. The average molecular weight is 384 g/mol. The molecule has 0 unspecified atom stereocenters. The molecule has 1 aromatic carbocycles. The first-order valence-electron chi connectivity index (χ1n) is 10.0. The number of hydrogen-bond acceptors (Lipinski definition) is 5. The number of carbonyl (C=O) groups is 2. The Hall–Kier alpha value is -2.16. The second-order valence-electron chi connectivity index (χ2n) is 7.96. The Bertz CT molecular complexity index is 766. The zero-order chi connectivity index (χ0) is 20.1. The minimum absolute atomic E-state index is 0.0785. The lowest BCUT2D eigenvalue weighted by atomic mass is 9.80. The summed E-state index contributed by atoms with van der Waals surface area (Å²) < 4.78 is 4.69. The summed E-state index contributed by atoms with van der Waals surface area (Å²) in [5.74, 6) is 5.06. The van der Waals surface area contributed by atoms with Crippen LogP contribution in [-0.4, -0.2) is 40.8 Å². The molecular formula is C23H28O5. The quantitative estimate of drug-likeness (QED) is 0.448. The van der Waals surface area contributed by atoms with Crippen LogP contribution in [0.4, 0.5) is 0 Å². The Morgan fingerprint density at radius 3 is 2.57 bits per heavy atom. The van der Waals surface area contributed by atoms with Crippen LogP contribution in [0.2, 0.25) is 0 Å². The second kappa shape index (κ2) is 8.89. The SMILES string of the molecule is COC(=O)c1ccc(CCCC[C@H]2C(=O)C[C@@H](O)[C@@H]2C#CC2(O)CCC2)cc1. The van der Waals surface area contributed by atoms with Gasteiger partial charge in [-0.05, 0) is 56.2 Å². The molecule has 0 amide bonds. The normalized spacial score (nSPS) is 25.5. The van der Waals surface area contributed by atoms with E-state index in [0.717, 1.165) is 31.2 Å². The van der Waals surface area contributed by atoms with Crippen LogP contribution in [0.15, 0.2) is 24.3 Å². The zero-order valence-electron chi connectivity index (χ0n) is 16.3. The van der Waals surface area contributed by atoms with Crippen molar-refractivity contribution < 1.29 is 24.5 Å². The molecule has 0 radical (unpaired) electrons. The van der Waals surface area contributed by atoms with Gasteiger partial charge in [0.2, 0.25) is 0 Å². The van der Waals surface area contributed by atoms with Crippen LogP contribution in [0.1, 0.15) is 60.9 Å². The molecule has 150 valence electrons. The van der Waals surface area contributed by atoms with Crippen molar-refractivity contribution >= 4 is 11.8 Å². The Labute approximate surface area is 166 Å². The Morgan fingerprint density at radius 2 is 1.96 bits per heavy atom. The van der Waals surface area contributed by atoms with Crippen LogP contribution in [0.3, 0.4) is 0 Å². The van der Waals surface area contributed by atoms with Gasteiger partial charge >= 0.3 is 5.97 Å². The molecular weight excluding hydrogens is 356 g/mol. The molecule has 2 saturated carbocycles. The van der Waals surface area contributed by atoms with Crippen molar-refractivity contribution in [3.63, 3.8) is 0 Å². The van der Waals surface area contributed by atoms with Gasteiger partial charge in [0.15, 0.2) is 0 Å². The molecule has 0 saturated heterocycles. The zero-order valence-corrected chi connectivity index (χ0v) is 16.3. The Kier molecular flexibility index (Phi) is 6.53. The van der Waals surface area contributed by atoms with Gasteiger partial charge in [0, 0.05) is 12.3 Å². The number of unbranched alkanes of at least 4 members (excludes halogenated alkanes) is 1. The van der Waals surface area contributed by atoms with E-state index in [4.69, 9.17) is 4.74 Å². The molecule has 1 aromatic rings. The molecule has 5 heteroatoms. The maximum atomic E-state index is 12.3. The highest BCUT2D eigenvalue weighted by molar-refractivity contribution is 5.89. The monoisotopic (exact) mass is 384 g/mol. The fraction of sp³-hybridized carbons (Fsp3) is 0.565. The van der Waals surface area contributed by atoms with E-state index in [1.165, 1.54) is 7.11 Å². The summed E-state index contributed by atoms with van der Waals surface area (Å²) in [6.45, 7) is 0. The van der Waals surface area contributed by atoms with Crippen LogP contribution in [0.5, 0.6) is 0 Å². The first kappa shape index (κ1) is 20.6. The molecule has 5 nitrogen and oxygen atoms in total. The van der Waals surface area contributed by atoms with E-state index in [1.807, 2.05) is 12.1 Å².